The van der Waals surface area contributed by atoms with E-state index in [-0.39, 0.29) is 0 Å². The van der Waals surface area contributed by atoms with Gasteiger partial charge in [-0.25, -0.2) is 9.97 Å². The molecule has 0 aliphatic rings. The lowest BCUT2D eigenvalue weighted by Gasteiger charge is -2.15. The molecular formula is C23H16N6O. The molecule has 0 aliphatic carbocycles. The average molecular weight is 392 g/mol. The highest BCUT2D eigenvalue weighted by Crippen LogP contribution is 2.37. The van der Waals surface area contributed by atoms with Crippen molar-refractivity contribution >= 4 is 22.4 Å². The standard InChI is InChI=1S/C23H16N6O/c1-30-18-12-17(11-16-6-3-7-26-19(16)18)21-20(15-5-2-4-14(10-15)13-24)28-22(25)23-27-8-9-29(21)23/h2-12H,1H3,(H2,25,28). The minimum absolute atomic E-state index is 0.315. The molecule has 3 aromatic heterocycles. The van der Waals surface area contributed by atoms with E-state index in [4.69, 9.17) is 10.5 Å². The Labute approximate surface area is 172 Å². The minimum Gasteiger partial charge on any atom is -0.494 e. The number of ether oxygens (including phenoxy) is 1. The van der Waals surface area contributed by atoms with Gasteiger partial charge in [-0.15, -0.1) is 0 Å². The summed E-state index contributed by atoms with van der Waals surface area (Å²) in [5, 5.41) is 10.3. The number of hydrogen-bond donors (Lipinski definition) is 1. The van der Waals surface area contributed by atoms with Gasteiger partial charge >= 0.3 is 0 Å². The summed E-state index contributed by atoms with van der Waals surface area (Å²) in [6, 6.07) is 17.3. The summed E-state index contributed by atoms with van der Waals surface area (Å²) >= 11 is 0. The highest BCUT2D eigenvalue weighted by atomic mass is 16.5. The second kappa shape index (κ2) is 6.87. The van der Waals surface area contributed by atoms with Crippen molar-refractivity contribution in [2.45, 2.75) is 0 Å². The Morgan fingerprint density at radius 3 is 2.77 bits per heavy atom. The van der Waals surface area contributed by atoms with E-state index in [0.717, 1.165) is 27.7 Å². The first-order chi connectivity index (χ1) is 14.7. The molecule has 0 saturated heterocycles. The molecule has 0 atom stereocenters. The van der Waals surface area contributed by atoms with Crippen LogP contribution in [0, 0.1) is 11.3 Å². The van der Waals surface area contributed by atoms with Gasteiger partial charge in [0.15, 0.2) is 11.5 Å². The molecule has 0 fully saturated rings. The van der Waals surface area contributed by atoms with Gasteiger partial charge in [-0.3, -0.25) is 9.38 Å². The molecule has 144 valence electrons. The number of pyridine rings is 1. The van der Waals surface area contributed by atoms with Crippen LogP contribution in [0.4, 0.5) is 5.82 Å². The maximum Gasteiger partial charge on any atom is 0.180 e. The number of benzene rings is 2. The summed E-state index contributed by atoms with van der Waals surface area (Å²) in [5.74, 6) is 0.973. The second-order valence-corrected chi connectivity index (χ2v) is 6.76. The lowest BCUT2D eigenvalue weighted by atomic mass is 10.0. The molecule has 30 heavy (non-hydrogen) atoms. The molecule has 3 heterocycles. The van der Waals surface area contributed by atoms with Gasteiger partial charge in [0.25, 0.3) is 0 Å². The number of nitrogens with two attached hydrogens (primary N) is 1. The summed E-state index contributed by atoms with van der Waals surface area (Å²) in [6.07, 6.45) is 5.27. The predicted octanol–water partition coefficient (Wildman–Crippen LogP) is 4.07. The van der Waals surface area contributed by atoms with E-state index in [2.05, 4.69) is 21.0 Å². The van der Waals surface area contributed by atoms with Crippen molar-refractivity contribution in [2.24, 2.45) is 0 Å². The van der Waals surface area contributed by atoms with Crippen LogP contribution in [0.3, 0.4) is 0 Å². The SMILES string of the molecule is COc1cc(-c2c(-c3cccc(C#N)c3)nc(N)c3nccn23)cc2cccnc12. The number of nitrogen functional groups attached to an aromatic ring is 1. The van der Waals surface area contributed by atoms with Crippen LogP contribution < -0.4 is 10.5 Å². The monoisotopic (exact) mass is 392 g/mol. The first kappa shape index (κ1) is 17.6. The van der Waals surface area contributed by atoms with Crippen LogP contribution in [0.25, 0.3) is 39.1 Å². The normalized spacial score (nSPS) is 10.9. The summed E-state index contributed by atoms with van der Waals surface area (Å²) in [5.41, 5.74) is 11.2. The van der Waals surface area contributed by atoms with E-state index in [9.17, 15) is 5.26 Å². The van der Waals surface area contributed by atoms with Crippen LogP contribution in [0.5, 0.6) is 5.75 Å². The number of fused-ring (bicyclic) bond motifs is 2. The third-order valence-electron chi connectivity index (χ3n) is 5.00. The van der Waals surface area contributed by atoms with Gasteiger partial charge in [0.1, 0.15) is 11.3 Å². The molecule has 5 rings (SSSR count). The molecule has 2 aromatic carbocycles. The Balaban J connectivity index is 1.89. The van der Waals surface area contributed by atoms with Crippen molar-refractivity contribution in [3.05, 3.63) is 72.7 Å². The highest BCUT2D eigenvalue weighted by molar-refractivity contribution is 5.92. The van der Waals surface area contributed by atoms with Gasteiger partial charge < -0.3 is 10.5 Å². The van der Waals surface area contributed by atoms with E-state index in [0.29, 0.717) is 28.5 Å². The molecule has 0 radical (unpaired) electrons. The van der Waals surface area contributed by atoms with Crippen molar-refractivity contribution in [3.63, 3.8) is 0 Å². The molecule has 2 N–H and O–H groups in total. The Morgan fingerprint density at radius 2 is 1.93 bits per heavy atom. The quantitative estimate of drug-likeness (QED) is 0.496. The number of imidazole rings is 1. The molecule has 0 amide bonds. The Kier molecular flexibility index (Phi) is 4.04. The van der Waals surface area contributed by atoms with Crippen molar-refractivity contribution in [3.8, 4) is 34.3 Å². The van der Waals surface area contributed by atoms with Crippen molar-refractivity contribution < 1.29 is 4.74 Å². The zero-order valence-electron chi connectivity index (χ0n) is 16.1. The first-order valence-corrected chi connectivity index (χ1v) is 9.26. The number of anilines is 1. The first-order valence-electron chi connectivity index (χ1n) is 9.26. The fourth-order valence-electron chi connectivity index (χ4n) is 3.68. The number of methoxy groups -OCH3 is 1. The van der Waals surface area contributed by atoms with Gasteiger partial charge in [0.2, 0.25) is 0 Å². The largest absolute Gasteiger partial charge is 0.494 e. The molecule has 0 saturated carbocycles. The van der Waals surface area contributed by atoms with Crippen molar-refractivity contribution in [1.82, 2.24) is 19.4 Å². The van der Waals surface area contributed by atoms with Gasteiger partial charge in [-0.2, -0.15) is 5.26 Å². The Morgan fingerprint density at radius 1 is 1.03 bits per heavy atom. The third kappa shape index (κ3) is 2.71. The molecule has 7 nitrogen and oxygen atoms in total. The van der Waals surface area contributed by atoms with E-state index >= 15 is 0 Å². The summed E-state index contributed by atoms with van der Waals surface area (Å²) in [6.45, 7) is 0. The maximum atomic E-state index is 9.34. The minimum atomic E-state index is 0.315. The molecule has 0 bridgehead atoms. The van der Waals surface area contributed by atoms with Gasteiger partial charge in [0, 0.05) is 35.1 Å². The molecule has 0 unspecified atom stereocenters. The van der Waals surface area contributed by atoms with E-state index in [1.165, 1.54) is 0 Å². The Bertz CT molecular complexity index is 1460. The number of nitrogens with zero attached hydrogens (tertiary/aromatic N) is 5. The highest BCUT2D eigenvalue weighted by Gasteiger charge is 2.19. The molecule has 0 spiro atoms. The number of nitriles is 1. The molecule has 5 aromatic rings. The van der Waals surface area contributed by atoms with E-state index in [1.807, 2.05) is 47.0 Å². The maximum absolute atomic E-state index is 9.34. The Hall–Kier alpha value is -4.44. The zero-order valence-corrected chi connectivity index (χ0v) is 16.1. The zero-order chi connectivity index (χ0) is 20.7. The van der Waals surface area contributed by atoms with Gasteiger partial charge in [-0.1, -0.05) is 18.2 Å². The molecule has 0 aliphatic heterocycles. The second-order valence-electron chi connectivity index (χ2n) is 6.76. The van der Waals surface area contributed by atoms with Crippen molar-refractivity contribution in [2.75, 3.05) is 12.8 Å². The number of aromatic nitrogens is 4. The lowest BCUT2D eigenvalue weighted by molar-refractivity contribution is 0.419. The van der Waals surface area contributed by atoms with Crippen molar-refractivity contribution in [1.29, 1.82) is 5.26 Å². The summed E-state index contributed by atoms with van der Waals surface area (Å²) in [7, 11) is 1.62. The number of rotatable bonds is 3. The van der Waals surface area contributed by atoms with Gasteiger partial charge in [-0.05, 0) is 30.3 Å². The number of hydrogen-bond acceptors (Lipinski definition) is 6. The van der Waals surface area contributed by atoms with E-state index in [1.54, 1.807) is 31.6 Å². The van der Waals surface area contributed by atoms with Crippen LogP contribution in [-0.4, -0.2) is 26.5 Å². The van der Waals surface area contributed by atoms with Gasteiger partial charge in [0.05, 0.1) is 30.1 Å². The fourth-order valence-corrected chi connectivity index (χ4v) is 3.68. The fraction of sp³-hybridized carbons (Fsp3) is 0.0435. The topological polar surface area (TPSA) is 102 Å². The third-order valence-corrected chi connectivity index (χ3v) is 5.00. The summed E-state index contributed by atoms with van der Waals surface area (Å²) < 4.78 is 7.52. The van der Waals surface area contributed by atoms with Crippen LogP contribution in [0.2, 0.25) is 0 Å². The molecule has 7 heteroatoms. The lowest BCUT2D eigenvalue weighted by Crippen LogP contribution is -2.04. The van der Waals surface area contributed by atoms with Crippen LogP contribution in [-0.2, 0) is 0 Å². The van der Waals surface area contributed by atoms with Crippen LogP contribution in [0.1, 0.15) is 5.56 Å². The average Bonchev–Trinajstić information content (AvgIpc) is 3.28. The van der Waals surface area contributed by atoms with E-state index < -0.39 is 0 Å². The predicted molar refractivity (Wildman–Crippen MR) is 115 cm³/mol. The summed E-state index contributed by atoms with van der Waals surface area (Å²) in [4.78, 5) is 13.5. The van der Waals surface area contributed by atoms with Crippen LogP contribution in [0.15, 0.2) is 67.1 Å². The molecular weight excluding hydrogens is 376 g/mol. The van der Waals surface area contributed by atoms with Crippen LogP contribution >= 0.6 is 0 Å². The smallest absolute Gasteiger partial charge is 0.180 e.